The molecule has 0 bridgehead atoms. The number of carbonyl (C=O) groups is 13. The molecule has 4 aromatic rings. The van der Waals surface area contributed by atoms with E-state index >= 15 is 14.4 Å². The number of nitrogens with zero attached hydrogens (tertiary/aromatic N) is 5. The number of nitrogens with two attached hydrogens (primary N) is 7. The van der Waals surface area contributed by atoms with Crippen LogP contribution < -0.4 is 72.0 Å². The molecule has 106 heavy (non-hydrogen) atoms. The molecule has 0 radical (unpaired) electrons. The van der Waals surface area contributed by atoms with Crippen molar-refractivity contribution in [2.24, 2.45) is 51.0 Å². The van der Waals surface area contributed by atoms with Crippen molar-refractivity contribution in [3.63, 3.8) is 0 Å². The van der Waals surface area contributed by atoms with Crippen molar-refractivity contribution in [3.8, 4) is 0 Å². The van der Waals surface area contributed by atoms with E-state index in [1.54, 1.807) is 66.9 Å². The monoisotopic (exact) mass is 1470 g/mol. The number of amides is 13. The highest BCUT2D eigenvalue weighted by atomic mass is 16.2. The minimum absolute atomic E-state index is 0.0734. The molecule has 4 fully saturated rings. The first kappa shape index (κ1) is 81.2. The molecule has 1 aromatic heterocycles. The zero-order valence-electron chi connectivity index (χ0n) is 60.5. The average molecular weight is 1470 g/mol. The van der Waals surface area contributed by atoms with Crippen molar-refractivity contribution in [2.45, 2.75) is 208 Å². The van der Waals surface area contributed by atoms with E-state index < -0.39 is 168 Å². The van der Waals surface area contributed by atoms with Crippen LogP contribution in [0, 0.1) is 5.92 Å². The Hall–Kier alpha value is -10.5. The Balaban J connectivity index is 0.990. The Bertz CT molecular complexity index is 3820. The Morgan fingerprint density at radius 3 is 1.67 bits per heavy atom. The maximum Gasteiger partial charge on any atom is 0.249 e. The second kappa shape index (κ2) is 38.5. The Kier molecular flexibility index (Phi) is 29.5. The lowest BCUT2D eigenvalue weighted by Gasteiger charge is -2.37. The quantitative estimate of drug-likeness (QED) is 0.0139. The topological polar surface area (TPSA) is 517 Å². The van der Waals surface area contributed by atoms with Crippen LogP contribution in [0.3, 0.4) is 0 Å². The number of H-pyrrole nitrogens is 1. The van der Waals surface area contributed by atoms with Crippen molar-refractivity contribution in [3.05, 3.63) is 108 Å². The van der Waals surface area contributed by atoms with E-state index in [1.165, 1.54) is 19.6 Å². The molecule has 4 saturated heterocycles. The zero-order chi connectivity index (χ0) is 76.8. The number of likely N-dealkylation sites (tertiary alicyclic amines) is 4. The molecule has 11 atom stereocenters. The molecule has 13 amide bonds. The molecule has 574 valence electrons. The molecule has 4 aliphatic rings. The number of aromatic nitrogens is 1. The number of unbranched alkanes of at least 4 members (excludes halogenated alkanes) is 1. The van der Waals surface area contributed by atoms with Crippen molar-refractivity contribution in [2.75, 3.05) is 39.3 Å². The van der Waals surface area contributed by atoms with Gasteiger partial charge in [-0.3, -0.25) is 67.3 Å². The van der Waals surface area contributed by atoms with Crippen LogP contribution in [0.25, 0.3) is 10.9 Å². The van der Waals surface area contributed by atoms with Crippen LogP contribution in [0.1, 0.15) is 140 Å². The molecule has 8 rings (SSSR count). The predicted octanol–water partition coefficient (Wildman–Crippen LogP) is -1.38. The van der Waals surface area contributed by atoms with Gasteiger partial charge in [0.25, 0.3) is 0 Å². The fourth-order valence-corrected chi connectivity index (χ4v) is 14.8. The third kappa shape index (κ3) is 21.6. The molecular formula is C74H105N19O13. The summed E-state index contributed by atoms with van der Waals surface area (Å²) in [6.07, 6.45) is 3.74. The van der Waals surface area contributed by atoms with Crippen molar-refractivity contribution in [1.29, 1.82) is 0 Å². The van der Waals surface area contributed by atoms with Gasteiger partial charge >= 0.3 is 0 Å². The third-order valence-electron chi connectivity index (χ3n) is 20.3. The lowest BCUT2D eigenvalue weighted by Crippen LogP contribution is -2.62. The summed E-state index contributed by atoms with van der Waals surface area (Å²) in [6, 6.07) is 12.3. The van der Waals surface area contributed by atoms with E-state index in [-0.39, 0.29) is 109 Å². The summed E-state index contributed by atoms with van der Waals surface area (Å²) in [5, 5.41) is 17.4. The number of guanidine groups is 1. The van der Waals surface area contributed by atoms with Gasteiger partial charge < -0.3 is 96.6 Å². The van der Waals surface area contributed by atoms with Crippen molar-refractivity contribution in [1.82, 2.24) is 56.5 Å². The van der Waals surface area contributed by atoms with E-state index in [9.17, 15) is 47.9 Å². The van der Waals surface area contributed by atoms with E-state index in [0.717, 1.165) is 16.5 Å². The minimum Gasteiger partial charge on any atom is -0.370 e. The normalized spacial score (nSPS) is 19.3. The van der Waals surface area contributed by atoms with Gasteiger partial charge in [-0.25, -0.2) is 0 Å². The highest BCUT2D eigenvalue weighted by Crippen LogP contribution is 2.41. The summed E-state index contributed by atoms with van der Waals surface area (Å²) in [4.78, 5) is 198. The summed E-state index contributed by atoms with van der Waals surface area (Å²) < 4.78 is 0. The molecule has 3 aromatic carbocycles. The van der Waals surface area contributed by atoms with Gasteiger partial charge in [-0.05, 0) is 132 Å². The Morgan fingerprint density at radius 2 is 1.08 bits per heavy atom. The second-order valence-electron chi connectivity index (χ2n) is 28.5. The number of hydrogen-bond acceptors (Lipinski definition) is 16. The number of primary amides is 3. The summed E-state index contributed by atoms with van der Waals surface area (Å²) in [6.45, 7) is 4.86. The fraction of sp³-hybridized carbons (Fsp3) is 0.541. The van der Waals surface area contributed by atoms with Gasteiger partial charge in [0.1, 0.15) is 59.9 Å². The lowest BCUT2D eigenvalue weighted by molar-refractivity contribution is -0.151. The maximum absolute atomic E-state index is 15.6. The molecular weight excluding hydrogens is 1360 g/mol. The van der Waals surface area contributed by atoms with Gasteiger partial charge in [-0.2, -0.15) is 0 Å². The number of rotatable bonds is 39. The SMILES string of the molecule is CC(C)CC(C(=O)NC(Cc1c[nH]c2ccccc12)C(N)=O)N1CCC2(CCCN2C(=O)C(Cc2ccccc2)NC(=O)C(Cc2ccccc2)NC(=O)C(CCC(N)=O)NC(=O)C(CCC(N)=O)NC(=O)C2CCCN2C(=O)C(CCCCN)NC(=O)C2CCCN2C(=O)C(N)CCCN=C(N)N)C1=O. The van der Waals surface area contributed by atoms with Crippen molar-refractivity contribution >= 4 is 93.7 Å². The summed E-state index contributed by atoms with van der Waals surface area (Å²) in [7, 11) is 0. The summed E-state index contributed by atoms with van der Waals surface area (Å²) in [5.74, 6) is -9.69. The van der Waals surface area contributed by atoms with Crippen LogP contribution in [-0.4, -0.2) is 213 Å². The molecule has 5 heterocycles. The van der Waals surface area contributed by atoms with E-state index in [2.05, 4.69) is 41.9 Å². The lowest BCUT2D eigenvalue weighted by atomic mass is 9.92. The van der Waals surface area contributed by atoms with Gasteiger partial charge in [-0.1, -0.05) is 92.7 Å². The minimum atomic E-state index is -1.65. The summed E-state index contributed by atoms with van der Waals surface area (Å²) >= 11 is 0. The van der Waals surface area contributed by atoms with Crippen LogP contribution in [0.5, 0.6) is 0 Å². The molecule has 32 heteroatoms. The number of aromatic amines is 1. The maximum atomic E-state index is 15.6. The molecule has 0 aliphatic carbocycles. The first-order chi connectivity index (χ1) is 50.7. The van der Waals surface area contributed by atoms with Gasteiger partial charge in [-0.15, -0.1) is 0 Å². The Morgan fingerprint density at radius 1 is 0.547 bits per heavy atom. The van der Waals surface area contributed by atoms with E-state index in [0.29, 0.717) is 56.1 Å². The second-order valence-corrected chi connectivity index (χ2v) is 28.5. The number of para-hydroxylation sites is 1. The number of benzene rings is 3. The van der Waals surface area contributed by atoms with E-state index in [4.69, 9.17) is 40.1 Å². The number of fused-ring (bicyclic) bond motifs is 1. The van der Waals surface area contributed by atoms with Crippen LogP contribution >= 0.6 is 0 Å². The smallest absolute Gasteiger partial charge is 0.249 e. The zero-order valence-corrected chi connectivity index (χ0v) is 60.5. The van der Waals surface area contributed by atoms with Crippen LogP contribution in [0.15, 0.2) is 96.1 Å². The summed E-state index contributed by atoms with van der Waals surface area (Å²) in [5.41, 5.74) is 41.5. The molecule has 1 spiro atoms. The molecule has 32 nitrogen and oxygen atoms in total. The largest absolute Gasteiger partial charge is 0.370 e. The molecule has 21 N–H and O–H groups in total. The number of carbonyl (C=O) groups excluding carboxylic acids is 13. The van der Waals surface area contributed by atoms with Crippen LogP contribution in [0.2, 0.25) is 0 Å². The molecule has 4 aliphatic heterocycles. The predicted molar refractivity (Wildman–Crippen MR) is 393 cm³/mol. The van der Waals surface area contributed by atoms with Crippen LogP contribution in [-0.2, 0) is 81.6 Å². The van der Waals surface area contributed by atoms with Gasteiger partial charge in [0, 0.05) is 81.9 Å². The first-order valence-corrected chi connectivity index (χ1v) is 36.8. The Labute approximate surface area is 616 Å². The fourth-order valence-electron chi connectivity index (χ4n) is 14.8. The van der Waals surface area contributed by atoms with E-state index in [1.807, 2.05) is 38.1 Å². The average Bonchev–Trinajstić information content (AvgIpc) is 1.59. The number of hydrogen-bond donors (Lipinski definition) is 14. The third-order valence-corrected chi connectivity index (χ3v) is 20.3. The standard InChI is InChI=1S/C74H105N19O13/c1-44(2)39-59(68(102)87-54(62(79)96)42-47-43-83-50-23-10-9-21-48(47)50)92-38-32-74(72(92)106)31-16-37-93(74)71(105)56(41-46-19-7-4-8-20-46)89-65(99)55(40-45-17-5-3-6-18-45)88-64(98)51(27-29-60(77)94)84-63(97)52(28-30-61(78)95)85-66(100)58-26-15-36-91(58)70(104)53(24-11-12-33-75)86-67(101)57-25-14-35-90(57)69(103)49(76)22-13-34-82-73(80)81/h3-10,17-21,23,43-44,49,51-59,83H,11-16,22,24-42,75-76H2,1-2H3,(H2,77,94)(H2,78,95)(H2,79,96)(H,84,97)(H,85,100)(H,86,101)(H,87,102)(H,88,98)(H,89,99)(H4,80,81,82). The molecule has 11 unspecified atom stereocenters. The van der Waals surface area contributed by atoms with Crippen molar-refractivity contribution < 1.29 is 62.3 Å². The highest BCUT2D eigenvalue weighted by Gasteiger charge is 2.58. The van der Waals surface area contributed by atoms with Gasteiger partial charge in [0.05, 0.1) is 6.04 Å². The first-order valence-electron chi connectivity index (χ1n) is 36.8. The molecule has 0 saturated carbocycles. The number of nitrogens with one attached hydrogen (secondary N) is 7. The van der Waals surface area contributed by atoms with Crippen LogP contribution in [0.4, 0.5) is 0 Å². The highest BCUT2D eigenvalue weighted by molar-refractivity contribution is 6.02. The van der Waals surface area contributed by atoms with Gasteiger partial charge in [0.2, 0.25) is 76.8 Å². The number of aliphatic imine (C=N–C) groups is 1. The van der Waals surface area contributed by atoms with Gasteiger partial charge in [0.15, 0.2) is 5.96 Å².